The number of aromatic nitrogens is 4. The fourth-order valence-electron chi connectivity index (χ4n) is 2.74. The SMILES string of the molecule is CCN(Cc1ccccc1)C(=O)C(C)n1nc(-n2cccn2)ccc1=O. The van der Waals surface area contributed by atoms with Crippen molar-refractivity contribution >= 4 is 5.91 Å². The minimum Gasteiger partial charge on any atom is -0.337 e. The third-order valence-electron chi connectivity index (χ3n) is 4.18. The Bertz CT molecular complexity index is 919. The van der Waals surface area contributed by atoms with Crippen LogP contribution >= 0.6 is 0 Å². The van der Waals surface area contributed by atoms with Gasteiger partial charge in [0, 0.05) is 31.5 Å². The van der Waals surface area contributed by atoms with Crippen molar-refractivity contribution in [3.05, 3.63) is 76.8 Å². The molecule has 0 saturated heterocycles. The molecule has 0 radical (unpaired) electrons. The van der Waals surface area contributed by atoms with Crippen LogP contribution in [0.3, 0.4) is 0 Å². The molecule has 2 heterocycles. The summed E-state index contributed by atoms with van der Waals surface area (Å²) in [5, 5.41) is 8.43. The molecular formula is C19H21N5O2. The number of carbonyl (C=O) groups is 1. The highest BCUT2D eigenvalue weighted by Gasteiger charge is 2.23. The van der Waals surface area contributed by atoms with E-state index < -0.39 is 6.04 Å². The van der Waals surface area contributed by atoms with E-state index in [-0.39, 0.29) is 11.5 Å². The van der Waals surface area contributed by atoms with Crippen LogP contribution in [-0.2, 0) is 11.3 Å². The Morgan fingerprint density at radius 3 is 2.58 bits per heavy atom. The molecule has 0 aliphatic heterocycles. The highest BCUT2D eigenvalue weighted by Crippen LogP contribution is 2.12. The number of benzene rings is 1. The second-order valence-corrected chi connectivity index (χ2v) is 5.94. The van der Waals surface area contributed by atoms with Crippen LogP contribution in [0.1, 0.15) is 25.5 Å². The van der Waals surface area contributed by atoms with Gasteiger partial charge in [-0.05, 0) is 31.5 Å². The van der Waals surface area contributed by atoms with Gasteiger partial charge in [-0.3, -0.25) is 9.59 Å². The summed E-state index contributed by atoms with van der Waals surface area (Å²) in [5.41, 5.74) is 0.720. The van der Waals surface area contributed by atoms with Crippen molar-refractivity contribution < 1.29 is 4.79 Å². The average molecular weight is 351 g/mol. The Kier molecular flexibility index (Phi) is 5.26. The van der Waals surface area contributed by atoms with E-state index in [9.17, 15) is 9.59 Å². The number of nitrogens with zero attached hydrogens (tertiary/aromatic N) is 5. The third kappa shape index (κ3) is 3.72. The smallest absolute Gasteiger partial charge is 0.267 e. The summed E-state index contributed by atoms with van der Waals surface area (Å²) in [6, 6.07) is 13.8. The lowest BCUT2D eigenvalue weighted by Crippen LogP contribution is -2.40. The van der Waals surface area contributed by atoms with Crippen LogP contribution in [0.15, 0.2) is 65.7 Å². The molecule has 2 aromatic heterocycles. The lowest BCUT2D eigenvalue weighted by Gasteiger charge is -2.25. The fourth-order valence-corrected chi connectivity index (χ4v) is 2.74. The zero-order chi connectivity index (χ0) is 18.5. The predicted molar refractivity (Wildman–Crippen MR) is 97.9 cm³/mol. The molecule has 1 amide bonds. The first-order chi connectivity index (χ1) is 12.6. The van der Waals surface area contributed by atoms with Crippen LogP contribution < -0.4 is 5.56 Å². The number of carbonyl (C=O) groups excluding carboxylic acids is 1. The summed E-state index contributed by atoms with van der Waals surface area (Å²) in [6.45, 7) is 4.65. The predicted octanol–water partition coefficient (Wildman–Crippen LogP) is 2.04. The maximum atomic E-state index is 12.9. The van der Waals surface area contributed by atoms with E-state index in [4.69, 9.17) is 0 Å². The molecule has 134 valence electrons. The molecule has 0 aliphatic carbocycles. The van der Waals surface area contributed by atoms with Gasteiger partial charge in [-0.2, -0.15) is 5.10 Å². The summed E-state index contributed by atoms with van der Waals surface area (Å²) < 4.78 is 2.77. The van der Waals surface area contributed by atoms with E-state index in [1.807, 2.05) is 37.3 Å². The van der Waals surface area contributed by atoms with Crippen LogP contribution in [0, 0.1) is 0 Å². The van der Waals surface area contributed by atoms with Gasteiger partial charge in [0.15, 0.2) is 5.82 Å². The lowest BCUT2D eigenvalue weighted by atomic mass is 10.2. The van der Waals surface area contributed by atoms with Crippen molar-refractivity contribution in [1.82, 2.24) is 24.5 Å². The molecule has 1 unspecified atom stereocenters. The van der Waals surface area contributed by atoms with E-state index in [1.165, 1.54) is 10.7 Å². The van der Waals surface area contributed by atoms with Crippen LogP contribution in [0.4, 0.5) is 0 Å². The normalized spacial score (nSPS) is 11.9. The van der Waals surface area contributed by atoms with Gasteiger partial charge >= 0.3 is 0 Å². The second-order valence-electron chi connectivity index (χ2n) is 5.94. The topological polar surface area (TPSA) is 73.0 Å². The zero-order valence-corrected chi connectivity index (χ0v) is 14.8. The first-order valence-electron chi connectivity index (χ1n) is 8.52. The zero-order valence-electron chi connectivity index (χ0n) is 14.8. The average Bonchev–Trinajstić information content (AvgIpc) is 3.21. The second kappa shape index (κ2) is 7.77. The quantitative estimate of drug-likeness (QED) is 0.681. The summed E-state index contributed by atoms with van der Waals surface area (Å²) in [7, 11) is 0. The summed E-state index contributed by atoms with van der Waals surface area (Å²) >= 11 is 0. The number of rotatable bonds is 6. The summed E-state index contributed by atoms with van der Waals surface area (Å²) in [6.07, 6.45) is 3.36. The highest BCUT2D eigenvalue weighted by molar-refractivity contribution is 5.80. The van der Waals surface area contributed by atoms with Gasteiger partial charge in [-0.25, -0.2) is 9.36 Å². The molecule has 3 aromatic rings. The Morgan fingerprint density at radius 2 is 1.92 bits per heavy atom. The minimum absolute atomic E-state index is 0.149. The first-order valence-corrected chi connectivity index (χ1v) is 8.52. The van der Waals surface area contributed by atoms with Gasteiger partial charge in [0.2, 0.25) is 5.91 Å². The molecule has 0 spiro atoms. The largest absolute Gasteiger partial charge is 0.337 e. The molecule has 7 heteroatoms. The molecule has 0 bridgehead atoms. The highest BCUT2D eigenvalue weighted by atomic mass is 16.2. The van der Waals surface area contributed by atoms with Crippen molar-refractivity contribution in [3.8, 4) is 5.82 Å². The Balaban J connectivity index is 1.85. The van der Waals surface area contributed by atoms with E-state index in [0.717, 1.165) is 5.56 Å². The molecule has 1 atom stereocenters. The van der Waals surface area contributed by atoms with E-state index >= 15 is 0 Å². The van der Waals surface area contributed by atoms with Gasteiger partial charge in [-0.1, -0.05) is 30.3 Å². The van der Waals surface area contributed by atoms with Gasteiger partial charge in [0.1, 0.15) is 6.04 Å². The number of likely N-dealkylation sites (N-methyl/N-ethyl adjacent to an activating group) is 1. The van der Waals surface area contributed by atoms with Gasteiger partial charge in [0.25, 0.3) is 5.56 Å². The first kappa shape index (κ1) is 17.6. The summed E-state index contributed by atoms with van der Waals surface area (Å²) in [4.78, 5) is 26.9. The summed E-state index contributed by atoms with van der Waals surface area (Å²) in [5.74, 6) is 0.337. The van der Waals surface area contributed by atoms with Crippen molar-refractivity contribution in [3.63, 3.8) is 0 Å². The van der Waals surface area contributed by atoms with Crippen LogP contribution in [0.25, 0.3) is 5.82 Å². The maximum Gasteiger partial charge on any atom is 0.267 e. The van der Waals surface area contributed by atoms with E-state index in [0.29, 0.717) is 18.9 Å². The molecule has 3 rings (SSSR count). The standard InChI is InChI=1S/C19H21N5O2/c1-3-22(14-16-8-5-4-6-9-16)19(26)15(2)24-18(25)11-10-17(21-24)23-13-7-12-20-23/h4-13,15H,3,14H2,1-2H3. The molecule has 7 nitrogen and oxygen atoms in total. The van der Waals surface area contributed by atoms with Crippen molar-refractivity contribution in [2.45, 2.75) is 26.4 Å². The minimum atomic E-state index is -0.707. The number of hydrogen-bond donors (Lipinski definition) is 0. The Hall–Kier alpha value is -3.22. The fraction of sp³-hybridized carbons (Fsp3) is 0.263. The molecule has 1 aromatic carbocycles. The van der Waals surface area contributed by atoms with Crippen LogP contribution in [0.2, 0.25) is 0 Å². The van der Waals surface area contributed by atoms with Crippen molar-refractivity contribution in [2.24, 2.45) is 0 Å². The lowest BCUT2D eigenvalue weighted by molar-refractivity contribution is -0.135. The van der Waals surface area contributed by atoms with Gasteiger partial charge in [0.05, 0.1) is 0 Å². The van der Waals surface area contributed by atoms with Crippen LogP contribution in [-0.4, -0.2) is 36.9 Å². The van der Waals surface area contributed by atoms with Gasteiger partial charge in [-0.15, -0.1) is 5.10 Å². The molecular weight excluding hydrogens is 330 g/mol. The Labute approximate surface area is 151 Å². The monoisotopic (exact) mass is 351 g/mol. The maximum absolute atomic E-state index is 12.9. The van der Waals surface area contributed by atoms with E-state index in [1.54, 1.807) is 41.0 Å². The molecule has 0 saturated carbocycles. The third-order valence-corrected chi connectivity index (χ3v) is 4.18. The van der Waals surface area contributed by atoms with E-state index in [2.05, 4.69) is 10.2 Å². The number of amides is 1. The van der Waals surface area contributed by atoms with Crippen LogP contribution in [0.5, 0.6) is 0 Å². The van der Waals surface area contributed by atoms with Gasteiger partial charge < -0.3 is 4.90 Å². The molecule has 0 N–H and O–H groups in total. The van der Waals surface area contributed by atoms with Crippen molar-refractivity contribution in [1.29, 1.82) is 0 Å². The molecule has 26 heavy (non-hydrogen) atoms. The van der Waals surface area contributed by atoms with Crippen molar-refractivity contribution in [2.75, 3.05) is 6.54 Å². The number of hydrogen-bond acceptors (Lipinski definition) is 4. The Morgan fingerprint density at radius 1 is 1.15 bits per heavy atom. The molecule has 0 aliphatic rings. The molecule has 0 fully saturated rings.